The van der Waals surface area contributed by atoms with E-state index in [2.05, 4.69) is 0 Å². The Kier molecular flexibility index (Phi) is 5.74. The summed E-state index contributed by atoms with van der Waals surface area (Å²) >= 11 is 0. The fourth-order valence-electron chi connectivity index (χ4n) is 2.18. The molecule has 0 spiro atoms. The molecule has 0 aromatic heterocycles. The van der Waals surface area contributed by atoms with Crippen LogP contribution in [0.25, 0.3) is 0 Å². The van der Waals surface area contributed by atoms with E-state index in [1.807, 2.05) is 0 Å². The van der Waals surface area contributed by atoms with Gasteiger partial charge < -0.3 is 9.84 Å². The van der Waals surface area contributed by atoms with Crippen molar-refractivity contribution in [2.75, 3.05) is 13.7 Å². The van der Waals surface area contributed by atoms with Gasteiger partial charge in [0, 0.05) is 12.6 Å². The third kappa shape index (κ3) is 3.95. The Morgan fingerprint density at radius 1 is 1.43 bits per heavy atom. The Morgan fingerprint density at radius 2 is 2.05 bits per heavy atom. The number of benzene rings is 1. The summed E-state index contributed by atoms with van der Waals surface area (Å²) in [7, 11) is -2.41. The number of carboxylic acids is 1. The molecular weight excluding hydrogens is 294 g/mol. The van der Waals surface area contributed by atoms with Gasteiger partial charge in [-0.05, 0) is 31.5 Å². The monoisotopic (exact) mass is 315 g/mol. The van der Waals surface area contributed by atoms with E-state index in [0.717, 1.165) is 5.56 Å². The first-order valence-corrected chi connectivity index (χ1v) is 8.06. The number of sulfonamides is 1. The second kappa shape index (κ2) is 6.91. The van der Waals surface area contributed by atoms with Crippen molar-refractivity contribution in [2.45, 2.75) is 38.1 Å². The van der Waals surface area contributed by atoms with Crippen LogP contribution in [0.15, 0.2) is 23.1 Å². The van der Waals surface area contributed by atoms with E-state index in [1.54, 1.807) is 32.9 Å². The maximum absolute atomic E-state index is 12.8. The molecule has 0 radical (unpaired) electrons. The van der Waals surface area contributed by atoms with Crippen molar-refractivity contribution in [1.29, 1.82) is 0 Å². The van der Waals surface area contributed by atoms with Gasteiger partial charge >= 0.3 is 5.97 Å². The van der Waals surface area contributed by atoms with Crippen molar-refractivity contribution in [3.05, 3.63) is 23.8 Å². The maximum Gasteiger partial charge on any atom is 0.304 e. The summed E-state index contributed by atoms with van der Waals surface area (Å²) in [6, 6.07) is 4.25. The van der Waals surface area contributed by atoms with Crippen molar-refractivity contribution >= 4 is 16.0 Å². The van der Waals surface area contributed by atoms with Gasteiger partial charge in [0.05, 0.1) is 13.5 Å². The highest BCUT2D eigenvalue weighted by molar-refractivity contribution is 7.89. The summed E-state index contributed by atoms with van der Waals surface area (Å²) in [6.07, 6.45) is -0.249. The lowest BCUT2D eigenvalue weighted by molar-refractivity contribution is -0.137. The van der Waals surface area contributed by atoms with E-state index in [4.69, 9.17) is 9.84 Å². The number of nitrogens with zero attached hydrogens (tertiary/aromatic N) is 1. The predicted octanol–water partition coefficient (Wildman–Crippen LogP) is 1.88. The number of methoxy groups -OCH3 is 1. The molecule has 0 bridgehead atoms. The Morgan fingerprint density at radius 3 is 2.52 bits per heavy atom. The summed E-state index contributed by atoms with van der Waals surface area (Å²) in [6.45, 7) is 5.24. The molecule has 0 saturated carbocycles. The first kappa shape index (κ1) is 17.5. The molecule has 7 heteroatoms. The molecule has 0 fully saturated rings. The average Bonchev–Trinajstić information content (AvgIpc) is 2.38. The van der Waals surface area contributed by atoms with Crippen LogP contribution in [0.3, 0.4) is 0 Å². The highest BCUT2D eigenvalue weighted by Crippen LogP contribution is 2.29. The highest BCUT2D eigenvalue weighted by Gasteiger charge is 2.31. The highest BCUT2D eigenvalue weighted by atomic mass is 32.2. The van der Waals surface area contributed by atoms with E-state index < -0.39 is 22.0 Å². The van der Waals surface area contributed by atoms with Gasteiger partial charge in [-0.1, -0.05) is 13.0 Å². The summed E-state index contributed by atoms with van der Waals surface area (Å²) in [4.78, 5) is 10.9. The summed E-state index contributed by atoms with van der Waals surface area (Å²) in [5, 5.41) is 8.86. The molecule has 1 N–H and O–H groups in total. The molecule has 0 aliphatic heterocycles. The lowest BCUT2D eigenvalue weighted by Crippen LogP contribution is -2.39. The molecule has 1 aromatic rings. The van der Waals surface area contributed by atoms with Crippen LogP contribution in [-0.2, 0) is 14.8 Å². The van der Waals surface area contributed by atoms with Crippen LogP contribution in [0, 0.1) is 6.92 Å². The second-order valence-corrected chi connectivity index (χ2v) is 6.67. The van der Waals surface area contributed by atoms with Gasteiger partial charge in [-0.2, -0.15) is 4.31 Å². The molecule has 0 aliphatic carbocycles. The van der Waals surface area contributed by atoms with Gasteiger partial charge in [0.2, 0.25) is 10.0 Å². The fraction of sp³-hybridized carbons (Fsp3) is 0.500. The lowest BCUT2D eigenvalue weighted by Gasteiger charge is -2.27. The van der Waals surface area contributed by atoms with Crippen molar-refractivity contribution in [3.8, 4) is 5.75 Å². The standard InChI is InChI=1S/C14H21NO5S/c1-5-15(11(3)9-14(16)17)21(18,19)13-8-10(2)6-7-12(13)20-4/h6-8,11H,5,9H2,1-4H3,(H,16,17). The second-order valence-electron chi connectivity index (χ2n) is 4.81. The normalized spacial score (nSPS) is 13.2. The first-order chi connectivity index (χ1) is 9.73. The minimum absolute atomic E-state index is 0.0593. The van der Waals surface area contributed by atoms with Crippen LogP contribution >= 0.6 is 0 Å². The summed E-state index contributed by atoms with van der Waals surface area (Å²) < 4.78 is 31.8. The fourth-order valence-corrected chi connectivity index (χ4v) is 4.07. The summed E-state index contributed by atoms with van der Waals surface area (Å²) in [5.41, 5.74) is 0.788. The molecule has 118 valence electrons. The number of ether oxygens (including phenoxy) is 1. The van der Waals surface area contributed by atoms with Gasteiger partial charge in [-0.3, -0.25) is 4.79 Å². The zero-order chi connectivity index (χ0) is 16.2. The Bertz CT molecular complexity index is 612. The lowest BCUT2D eigenvalue weighted by atomic mass is 10.2. The van der Waals surface area contributed by atoms with Crippen LogP contribution in [-0.4, -0.2) is 43.5 Å². The van der Waals surface area contributed by atoms with E-state index in [0.29, 0.717) is 0 Å². The molecule has 0 heterocycles. The molecule has 1 atom stereocenters. The van der Waals surface area contributed by atoms with Crippen LogP contribution in [0.1, 0.15) is 25.8 Å². The van der Waals surface area contributed by atoms with Crippen LogP contribution < -0.4 is 4.74 Å². The van der Waals surface area contributed by atoms with E-state index in [9.17, 15) is 13.2 Å². The third-order valence-electron chi connectivity index (χ3n) is 3.18. The molecule has 1 rings (SSSR count). The number of carbonyl (C=O) groups is 1. The maximum atomic E-state index is 12.8. The molecule has 1 unspecified atom stereocenters. The minimum Gasteiger partial charge on any atom is -0.495 e. The number of aliphatic carboxylic acids is 1. The van der Waals surface area contributed by atoms with E-state index in [1.165, 1.54) is 17.5 Å². The third-order valence-corrected chi connectivity index (χ3v) is 5.29. The predicted molar refractivity (Wildman–Crippen MR) is 79.0 cm³/mol. The minimum atomic E-state index is -3.82. The molecule has 0 saturated heterocycles. The van der Waals surface area contributed by atoms with E-state index in [-0.39, 0.29) is 23.6 Å². The molecule has 0 amide bonds. The van der Waals surface area contributed by atoms with Gasteiger partial charge in [0.1, 0.15) is 10.6 Å². The molecule has 0 aliphatic rings. The smallest absolute Gasteiger partial charge is 0.304 e. The average molecular weight is 315 g/mol. The van der Waals surface area contributed by atoms with Crippen LogP contribution in [0.4, 0.5) is 0 Å². The molecular formula is C14H21NO5S. The van der Waals surface area contributed by atoms with Crippen LogP contribution in [0.5, 0.6) is 5.75 Å². The Balaban J connectivity index is 3.30. The first-order valence-electron chi connectivity index (χ1n) is 6.62. The molecule has 6 nitrogen and oxygen atoms in total. The van der Waals surface area contributed by atoms with E-state index >= 15 is 0 Å². The zero-order valence-corrected chi connectivity index (χ0v) is 13.5. The number of hydrogen-bond acceptors (Lipinski definition) is 4. The largest absolute Gasteiger partial charge is 0.495 e. The Labute approximate surface area is 125 Å². The van der Waals surface area contributed by atoms with Gasteiger partial charge in [-0.25, -0.2) is 8.42 Å². The Hall–Kier alpha value is -1.60. The van der Waals surface area contributed by atoms with Gasteiger partial charge in [0.15, 0.2) is 0 Å². The van der Waals surface area contributed by atoms with Crippen molar-refractivity contribution in [1.82, 2.24) is 4.31 Å². The number of carboxylic acid groups (broad SMARTS) is 1. The van der Waals surface area contributed by atoms with Crippen molar-refractivity contribution < 1.29 is 23.1 Å². The quantitative estimate of drug-likeness (QED) is 0.830. The zero-order valence-electron chi connectivity index (χ0n) is 12.7. The number of rotatable bonds is 7. The van der Waals surface area contributed by atoms with Crippen LogP contribution in [0.2, 0.25) is 0 Å². The number of aryl methyl sites for hydroxylation is 1. The van der Waals surface area contributed by atoms with Gasteiger partial charge in [-0.15, -0.1) is 0 Å². The molecule has 1 aromatic carbocycles. The molecule has 21 heavy (non-hydrogen) atoms. The number of hydrogen-bond donors (Lipinski definition) is 1. The van der Waals surface area contributed by atoms with Crippen molar-refractivity contribution in [3.63, 3.8) is 0 Å². The SMILES string of the molecule is CCN(C(C)CC(=O)O)S(=O)(=O)c1cc(C)ccc1OC. The van der Waals surface area contributed by atoms with Gasteiger partial charge in [0.25, 0.3) is 0 Å². The topological polar surface area (TPSA) is 83.9 Å². The van der Waals surface area contributed by atoms with Crippen molar-refractivity contribution in [2.24, 2.45) is 0 Å². The summed E-state index contributed by atoms with van der Waals surface area (Å²) in [5.74, 6) is -0.783.